The van der Waals surface area contributed by atoms with Crippen LogP contribution in [0.25, 0.3) is 66.6 Å². The second kappa shape index (κ2) is 13.2. The van der Waals surface area contributed by atoms with Crippen LogP contribution in [-0.4, -0.2) is 9.97 Å². The Labute approximate surface area is 297 Å². The van der Waals surface area contributed by atoms with Crippen molar-refractivity contribution in [1.29, 1.82) is 0 Å². The van der Waals surface area contributed by atoms with Crippen LogP contribution in [0.5, 0.6) is 0 Å². The lowest BCUT2D eigenvalue weighted by Crippen LogP contribution is -2.10. The highest BCUT2D eigenvalue weighted by Crippen LogP contribution is 2.40. The third kappa shape index (κ3) is 5.92. The number of fused-ring (bicyclic) bond motifs is 3. The van der Waals surface area contributed by atoms with Crippen LogP contribution < -0.4 is 4.90 Å². The molecule has 0 spiro atoms. The standard InChI is InChI=1S/C48H33N3/c1-5-14-34(15-6-1)36-24-27-41(28-25-36)51(42-23-13-22-39(32-42)35-16-7-2-8-17-35)43-29-30-44-40(33-43)26-31-45-48(44)50-47(38-20-11-4-12-21-38)46(49-45)37-18-9-3-10-19-37/h1-33H. The molecule has 0 amide bonds. The number of anilines is 3. The second-order valence-corrected chi connectivity index (χ2v) is 12.7. The number of hydrogen-bond acceptors (Lipinski definition) is 3. The molecule has 0 fully saturated rings. The Morgan fingerprint density at radius 1 is 0.314 bits per heavy atom. The quantitative estimate of drug-likeness (QED) is 0.161. The fraction of sp³-hybridized carbons (Fsp3) is 0. The van der Waals surface area contributed by atoms with Crippen LogP contribution in [0.1, 0.15) is 0 Å². The molecule has 9 aromatic rings. The van der Waals surface area contributed by atoms with Gasteiger partial charge in [-0.3, -0.25) is 0 Å². The van der Waals surface area contributed by atoms with E-state index in [1.807, 2.05) is 12.1 Å². The highest BCUT2D eigenvalue weighted by Gasteiger charge is 2.18. The predicted octanol–water partition coefficient (Wildman–Crippen LogP) is 12.9. The maximum Gasteiger partial charge on any atom is 0.0973 e. The first-order valence-corrected chi connectivity index (χ1v) is 17.2. The zero-order valence-corrected chi connectivity index (χ0v) is 27.9. The van der Waals surface area contributed by atoms with E-state index in [0.29, 0.717) is 0 Å². The van der Waals surface area contributed by atoms with E-state index in [4.69, 9.17) is 9.97 Å². The summed E-state index contributed by atoms with van der Waals surface area (Å²) in [6.45, 7) is 0. The zero-order valence-electron chi connectivity index (χ0n) is 27.9. The molecule has 0 N–H and O–H groups in total. The van der Waals surface area contributed by atoms with Gasteiger partial charge in [0.05, 0.1) is 22.4 Å². The summed E-state index contributed by atoms with van der Waals surface area (Å²) in [5.41, 5.74) is 13.6. The lowest BCUT2D eigenvalue weighted by Gasteiger charge is -2.26. The van der Waals surface area contributed by atoms with E-state index in [2.05, 4.69) is 193 Å². The highest BCUT2D eigenvalue weighted by molar-refractivity contribution is 6.07. The van der Waals surface area contributed by atoms with E-state index >= 15 is 0 Å². The van der Waals surface area contributed by atoms with Gasteiger partial charge in [0.15, 0.2) is 0 Å². The monoisotopic (exact) mass is 651 g/mol. The minimum Gasteiger partial charge on any atom is -0.310 e. The van der Waals surface area contributed by atoms with Crippen LogP contribution in [0, 0.1) is 0 Å². The maximum atomic E-state index is 5.35. The highest BCUT2D eigenvalue weighted by atomic mass is 15.1. The second-order valence-electron chi connectivity index (χ2n) is 12.7. The molecule has 0 bridgehead atoms. The summed E-state index contributed by atoms with van der Waals surface area (Å²) in [5.74, 6) is 0. The van der Waals surface area contributed by atoms with Gasteiger partial charge in [0.2, 0.25) is 0 Å². The van der Waals surface area contributed by atoms with Crippen molar-refractivity contribution in [3.8, 4) is 44.8 Å². The van der Waals surface area contributed by atoms with E-state index in [1.165, 1.54) is 22.3 Å². The van der Waals surface area contributed by atoms with Gasteiger partial charge in [-0.25, -0.2) is 9.97 Å². The average Bonchev–Trinajstić information content (AvgIpc) is 3.22. The molecule has 3 nitrogen and oxygen atoms in total. The van der Waals surface area contributed by atoms with Gasteiger partial charge in [-0.15, -0.1) is 0 Å². The van der Waals surface area contributed by atoms with Crippen LogP contribution >= 0.6 is 0 Å². The third-order valence-corrected chi connectivity index (χ3v) is 9.43. The van der Waals surface area contributed by atoms with Gasteiger partial charge in [-0.05, 0) is 70.1 Å². The molecule has 0 aliphatic carbocycles. The van der Waals surface area contributed by atoms with Crippen molar-refractivity contribution in [2.24, 2.45) is 0 Å². The van der Waals surface area contributed by atoms with E-state index in [0.717, 1.165) is 61.4 Å². The molecule has 240 valence electrons. The third-order valence-electron chi connectivity index (χ3n) is 9.43. The van der Waals surface area contributed by atoms with Crippen LogP contribution in [-0.2, 0) is 0 Å². The normalized spacial score (nSPS) is 11.1. The Kier molecular flexibility index (Phi) is 7.84. The molecular weight excluding hydrogens is 619 g/mol. The van der Waals surface area contributed by atoms with E-state index in [1.54, 1.807) is 0 Å². The average molecular weight is 652 g/mol. The van der Waals surface area contributed by atoms with Gasteiger partial charge in [0.1, 0.15) is 0 Å². The minimum absolute atomic E-state index is 0.873. The number of nitrogens with zero attached hydrogens (tertiary/aromatic N) is 3. The molecule has 0 saturated heterocycles. The minimum atomic E-state index is 0.873. The van der Waals surface area contributed by atoms with E-state index in [9.17, 15) is 0 Å². The van der Waals surface area contributed by atoms with Crippen molar-refractivity contribution in [2.75, 3.05) is 4.90 Å². The molecule has 0 atom stereocenters. The van der Waals surface area contributed by atoms with Gasteiger partial charge in [0.25, 0.3) is 0 Å². The van der Waals surface area contributed by atoms with Crippen LogP contribution in [0.15, 0.2) is 200 Å². The smallest absolute Gasteiger partial charge is 0.0973 e. The van der Waals surface area contributed by atoms with Crippen molar-refractivity contribution in [3.63, 3.8) is 0 Å². The molecule has 51 heavy (non-hydrogen) atoms. The number of hydrogen-bond donors (Lipinski definition) is 0. The van der Waals surface area contributed by atoms with Crippen molar-refractivity contribution in [3.05, 3.63) is 200 Å². The topological polar surface area (TPSA) is 29.0 Å². The largest absolute Gasteiger partial charge is 0.310 e. The van der Waals surface area contributed by atoms with E-state index in [-0.39, 0.29) is 0 Å². The zero-order chi connectivity index (χ0) is 34.0. The summed E-state index contributed by atoms with van der Waals surface area (Å²) in [6.07, 6.45) is 0. The molecule has 1 aromatic heterocycles. The molecule has 0 unspecified atom stereocenters. The molecule has 0 saturated carbocycles. The molecule has 0 aliphatic heterocycles. The Hall–Kier alpha value is -6.84. The lowest BCUT2D eigenvalue weighted by atomic mass is 10.0. The summed E-state index contributed by atoms with van der Waals surface area (Å²) >= 11 is 0. The lowest BCUT2D eigenvalue weighted by molar-refractivity contribution is 1.28. The summed E-state index contributed by atoms with van der Waals surface area (Å²) in [4.78, 5) is 12.9. The van der Waals surface area contributed by atoms with Crippen molar-refractivity contribution in [2.45, 2.75) is 0 Å². The fourth-order valence-electron chi connectivity index (χ4n) is 6.90. The van der Waals surface area contributed by atoms with Crippen LogP contribution in [0.3, 0.4) is 0 Å². The Morgan fingerprint density at radius 2 is 0.804 bits per heavy atom. The first-order chi connectivity index (χ1) is 25.3. The van der Waals surface area contributed by atoms with E-state index < -0.39 is 0 Å². The summed E-state index contributed by atoms with van der Waals surface area (Å²) < 4.78 is 0. The number of aromatic nitrogens is 2. The SMILES string of the molecule is c1ccc(-c2ccc(N(c3cccc(-c4ccccc4)c3)c3ccc4c(ccc5nc(-c6ccccc6)c(-c6ccccc6)nc54)c3)cc2)cc1. The van der Waals surface area contributed by atoms with Crippen molar-refractivity contribution < 1.29 is 0 Å². The van der Waals surface area contributed by atoms with Crippen molar-refractivity contribution >= 4 is 38.9 Å². The fourth-order valence-corrected chi connectivity index (χ4v) is 6.90. The Bertz CT molecular complexity index is 2600. The molecule has 0 radical (unpaired) electrons. The number of benzene rings is 8. The molecule has 1 heterocycles. The molecule has 8 aromatic carbocycles. The first kappa shape index (κ1) is 30.2. The van der Waals surface area contributed by atoms with Gasteiger partial charge in [0, 0.05) is 33.6 Å². The van der Waals surface area contributed by atoms with Crippen LogP contribution in [0.2, 0.25) is 0 Å². The van der Waals surface area contributed by atoms with Gasteiger partial charge in [-0.1, -0.05) is 158 Å². The summed E-state index contributed by atoms with van der Waals surface area (Å²) in [6, 6.07) is 70.3. The summed E-state index contributed by atoms with van der Waals surface area (Å²) in [7, 11) is 0. The molecule has 0 aliphatic rings. The maximum absolute atomic E-state index is 5.35. The van der Waals surface area contributed by atoms with Crippen molar-refractivity contribution in [1.82, 2.24) is 9.97 Å². The van der Waals surface area contributed by atoms with Gasteiger partial charge in [-0.2, -0.15) is 0 Å². The molecule has 9 rings (SSSR count). The van der Waals surface area contributed by atoms with Gasteiger partial charge >= 0.3 is 0 Å². The summed E-state index contributed by atoms with van der Waals surface area (Å²) in [5, 5.41) is 2.17. The Balaban J connectivity index is 1.20. The van der Waals surface area contributed by atoms with Gasteiger partial charge < -0.3 is 4.90 Å². The molecule has 3 heteroatoms. The Morgan fingerprint density at radius 3 is 1.43 bits per heavy atom. The first-order valence-electron chi connectivity index (χ1n) is 17.2. The predicted molar refractivity (Wildman–Crippen MR) is 213 cm³/mol. The molecular formula is C48H33N3. The van der Waals surface area contributed by atoms with Crippen LogP contribution in [0.4, 0.5) is 17.1 Å². The number of rotatable bonds is 7.